The Bertz CT molecular complexity index is 743. The van der Waals surface area contributed by atoms with Gasteiger partial charge in [0.15, 0.2) is 11.6 Å². The third-order valence-electron chi connectivity index (χ3n) is 3.63. The molecule has 2 aromatic rings. The highest BCUT2D eigenvalue weighted by Gasteiger charge is 2.32. The average Bonchev–Trinajstić information content (AvgIpc) is 2.36. The Morgan fingerprint density at radius 1 is 1.24 bits per heavy atom. The molecule has 1 aliphatic carbocycles. The summed E-state index contributed by atoms with van der Waals surface area (Å²) in [6.45, 7) is 4.12. The van der Waals surface area contributed by atoms with Crippen LogP contribution in [-0.4, -0.2) is 15.8 Å². The number of fused-ring (bicyclic) bond motifs is 1. The number of ketones is 1. The fraction of sp³-hybridized carbons (Fsp3) is 0.312. The van der Waals surface area contributed by atoms with Crippen molar-refractivity contribution in [2.75, 3.05) is 0 Å². The quantitative estimate of drug-likeness (QED) is 0.775. The van der Waals surface area contributed by atoms with Crippen molar-refractivity contribution in [2.45, 2.75) is 26.7 Å². The first kappa shape index (κ1) is 14.3. The number of rotatable bonds is 1. The van der Waals surface area contributed by atoms with E-state index >= 15 is 0 Å². The monoisotopic (exact) mass is 348 g/mol. The van der Waals surface area contributed by atoms with Crippen LogP contribution in [0.1, 0.15) is 36.3 Å². The maximum absolute atomic E-state index is 13.2. The van der Waals surface area contributed by atoms with Crippen LogP contribution in [0.15, 0.2) is 28.9 Å². The molecule has 3 rings (SSSR count). The van der Waals surface area contributed by atoms with Gasteiger partial charge in [0.25, 0.3) is 0 Å². The minimum Gasteiger partial charge on any atom is -0.294 e. The molecule has 0 unspecified atom stereocenters. The second-order valence-corrected chi connectivity index (χ2v) is 6.97. The Labute approximate surface area is 130 Å². The van der Waals surface area contributed by atoms with E-state index in [1.165, 1.54) is 12.1 Å². The number of hydrogen-bond donors (Lipinski definition) is 0. The molecule has 3 nitrogen and oxygen atoms in total. The van der Waals surface area contributed by atoms with E-state index in [2.05, 4.69) is 39.7 Å². The summed E-state index contributed by atoms with van der Waals surface area (Å²) >= 11 is 3.33. The molecule has 5 heteroatoms. The molecule has 1 aromatic carbocycles. The minimum atomic E-state index is -0.320. The molecule has 0 saturated carbocycles. The van der Waals surface area contributed by atoms with Crippen LogP contribution in [0.2, 0.25) is 0 Å². The molecule has 0 atom stereocenters. The summed E-state index contributed by atoms with van der Waals surface area (Å²) in [6, 6.07) is 4.39. The molecule has 1 aliphatic rings. The topological polar surface area (TPSA) is 42.9 Å². The summed E-state index contributed by atoms with van der Waals surface area (Å²) in [6.07, 6.45) is 2.84. The predicted octanol–water partition coefficient (Wildman–Crippen LogP) is 4.20. The zero-order valence-corrected chi connectivity index (χ0v) is 13.4. The second-order valence-electron chi connectivity index (χ2n) is 6.12. The Balaban J connectivity index is 2.09. The lowest BCUT2D eigenvalue weighted by atomic mass is 9.76. The second kappa shape index (κ2) is 4.98. The number of aromatic nitrogens is 2. The van der Waals surface area contributed by atoms with Crippen LogP contribution in [0.25, 0.3) is 11.4 Å². The SMILES string of the molecule is CC1(C)CC(=O)c2cnc(-c3ccc(F)cc3Br)nc2C1. The maximum atomic E-state index is 13.2. The van der Waals surface area contributed by atoms with Gasteiger partial charge in [-0.2, -0.15) is 0 Å². The van der Waals surface area contributed by atoms with Gasteiger partial charge >= 0.3 is 0 Å². The number of benzene rings is 1. The van der Waals surface area contributed by atoms with Crippen molar-refractivity contribution < 1.29 is 9.18 Å². The van der Waals surface area contributed by atoms with E-state index in [9.17, 15) is 9.18 Å². The highest BCUT2D eigenvalue weighted by molar-refractivity contribution is 9.10. The van der Waals surface area contributed by atoms with Gasteiger partial charge in [-0.15, -0.1) is 0 Å². The van der Waals surface area contributed by atoms with Crippen molar-refractivity contribution >= 4 is 21.7 Å². The van der Waals surface area contributed by atoms with Crippen molar-refractivity contribution in [1.29, 1.82) is 0 Å². The Morgan fingerprint density at radius 2 is 2.00 bits per heavy atom. The minimum absolute atomic E-state index is 0.0876. The zero-order valence-electron chi connectivity index (χ0n) is 11.8. The van der Waals surface area contributed by atoms with Crippen LogP contribution in [0.5, 0.6) is 0 Å². The van der Waals surface area contributed by atoms with E-state index in [-0.39, 0.29) is 17.0 Å². The van der Waals surface area contributed by atoms with Crippen LogP contribution >= 0.6 is 15.9 Å². The summed E-state index contributed by atoms with van der Waals surface area (Å²) in [4.78, 5) is 20.9. The van der Waals surface area contributed by atoms with E-state index in [1.54, 1.807) is 12.3 Å². The van der Waals surface area contributed by atoms with Crippen molar-refractivity contribution in [3.63, 3.8) is 0 Å². The summed E-state index contributed by atoms with van der Waals surface area (Å²) in [5, 5.41) is 0. The molecule has 0 spiro atoms. The molecule has 0 bridgehead atoms. The number of nitrogens with zero attached hydrogens (tertiary/aromatic N) is 2. The third-order valence-corrected chi connectivity index (χ3v) is 4.28. The Hall–Kier alpha value is -1.62. The average molecular weight is 349 g/mol. The largest absolute Gasteiger partial charge is 0.294 e. The predicted molar refractivity (Wildman–Crippen MR) is 81.6 cm³/mol. The van der Waals surface area contributed by atoms with Crippen LogP contribution in [0.3, 0.4) is 0 Å². The molecule has 21 heavy (non-hydrogen) atoms. The molecule has 0 aliphatic heterocycles. The number of halogens is 2. The number of hydrogen-bond acceptors (Lipinski definition) is 3. The molecule has 0 N–H and O–H groups in total. The highest BCUT2D eigenvalue weighted by atomic mass is 79.9. The summed E-state index contributed by atoms with van der Waals surface area (Å²) in [5.41, 5.74) is 2.01. The molecule has 0 fully saturated rings. The highest BCUT2D eigenvalue weighted by Crippen LogP contribution is 2.35. The lowest BCUT2D eigenvalue weighted by Crippen LogP contribution is -2.28. The number of Topliss-reactive ketones (excluding diaryl/α,β-unsaturated/α-hetero) is 1. The van der Waals surface area contributed by atoms with Gasteiger partial charge in [-0.1, -0.05) is 13.8 Å². The molecule has 1 aromatic heterocycles. The van der Waals surface area contributed by atoms with E-state index in [0.717, 1.165) is 17.7 Å². The first-order chi connectivity index (χ1) is 9.85. The molecule has 0 amide bonds. The smallest absolute Gasteiger partial charge is 0.166 e. The van der Waals surface area contributed by atoms with Gasteiger partial charge in [0.05, 0.1) is 11.3 Å². The van der Waals surface area contributed by atoms with Crippen molar-refractivity contribution in [2.24, 2.45) is 5.41 Å². The Kier molecular flexibility index (Phi) is 3.40. The number of carbonyl (C=O) groups excluding carboxylic acids is 1. The van der Waals surface area contributed by atoms with Crippen molar-refractivity contribution in [3.8, 4) is 11.4 Å². The van der Waals surface area contributed by atoms with E-state index < -0.39 is 0 Å². The van der Waals surface area contributed by atoms with Crippen LogP contribution in [0, 0.1) is 11.2 Å². The van der Waals surface area contributed by atoms with Crippen LogP contribution in [0.4, 0.5) is 4.39 Å². The maximum Gasteiger partial charge on any atom is 0.166 e. The first-order valence-electron chi connectivity index (χ1n) is 6.70. The molecular weight excluding hydrogens is 335 g/mol. The standard InChI is InChI=1S/C16H14BrFN2O/c1-16(2)6-13-11(14(21)7-16)8-19-15(20-13)10-4-3-9(18)5-12(10)17/h3-5,8H,6-7H2,1-2H3. The van der Waals surface area contributed by atoms with Gasteiger partial charge < -0.3 is 0 Å². The van der Waals surface area contributed by atoms with Gasteiger partial charge in [0.2, 0.25) is 0 Å². The molecule has 0 saturated heterocycles. The van der Waals surface area contributed by atoms with E-state index in [1.807, 2.05) is 0 Å². The van der Waals surface area contributed by atoms with Gasteiger partial charge in [0, 0.05) is 22.7 Å². The van der Waals surface area contributed by atoms with Crippen LogP contribution in [-0.2, 0) is 6.42 Å². The zero-order chi connectivity index (χ0) is 15.2. The summed E-state index contributed by atoms with van der Waals surface area (Å²) in [5.74, 6) is 0.275. The van der Waals surface area contributed by atoms with Gasteiger partial charge in [-0.25, -0.2) is 14.4 Å². The van der Waals surface area contributed by atoms with Gasteiger partial charge in [0.1, 0.15) is 5.82 Å². The van der Waals surface area contributed by atoms with Crippen molar-refractivity contribution in [1.82, 2.24) is 9.97 Å². The van der Waals surface area contributed by atoms with Gasteiger partial charge in [-0.05, 0) is 46.0 Å². The van der Waals surface area contributed by atoms with E-state index in [4.69, 9.17) is 0 Å². The van der Waals surface area contributed by atoms with Crippen LogP contribution < -0.4 is 0 Å². The summed E-state index contributed by atoms with van der Waals surface area (Å²) < 4.78 is 13.8. The molecular formula is C16H14BrFN2O. The molecule has 0 radical (unpaired) electrons. The van der Waals surface area contributed by atoms with Gasteiger partial charge in [-0.3, -0.25) is 4.79 Å². The third kappa shape index (κ3) is 2.75. The fourth-order valence-electron chi connectivity index (χ4n) is 2.63. The fourth-order valence-corrected chi connectivity index (χ4v) is 3.16. The lowest BCUT2D eigenvalue weighted by molar-refractivity contribution is 0.0910. The molecule has 1 heterocycles. The van der Waals surface area contributed by atoms with Crippen molar-refractivity contribution in [3.05, 3.63) is 45.9 Å². The van der Waals surface area contributed by atoms with E-state index in [0.29, 0.717) is 22.3 Å². The normalized spacial score (nSPS) is 16.7. The Morgan fingerprint density at radius 3 is 2.71 bits per heavy atom. The number of carbonyl (C=O) groups is 1. The summed E-state index contributed by atoms with van der Waals surface area (Å²) in [7, 11) is 0. The first-order valence-corrected chi connectivity index (χ1v) is 7.50. The molecule has 108 valence electrons. The lowest BCUT2D eigenvalue weighted by Gasteiger charge is -2.29.